The number of hydrogen-bond donors (Lipinski definition) is 0. The largest absolute Gasteiger partial charge is 0.465 e. The lowest BCUT2D eigenvalue weighted by molar-refractivity contribution is 0.0486. The van der Waals surface area contributed by atoms with Gasteiger partial charge in [-0.15, -0.1) is 0 Å². The highest BCUT2D eigenvalue weighted by atomic mass is 35.5. The topological polar surface area (TPSA) is 28.1 Å². The van der Waals surface area contributed by atoms with Crippen LogP contribution in [-0.4, -0.2) is 48.0 Å². The Labute approximate surface area is 143 Å². The molecule has 4 nitrogen and oxygen atoms in total. The Bertz CT molecular complexity index is 592. The molecular formula is C18H24ClN3O. The third kappa shape index (κ3) is 3.20. The van der Waals surface area contributed by atoms with E-state index in [-0.39, 0.29) is 6.23 Å². The van der Waals surface area contributed by atoms with Gasteiger partial charge in [-0.2, -0.15) is 0 Å². The van der Waals surface area contributed by atoms with Gasteiger partial charge in [-0.1, -0.05) is 18.0 Å². The molecule has 0 aromatic heterocycles. The molecule has 1 aromatic carbocycles. The lowest BCUT2D eigenvalue weighted by atomic mass is 10.1. The van der Waals surface area contributed by atoms with Gasteiger partial charge in [0.05, 0.1) is 0 Å². The molecule has 0 spiro atoms. The number of fused-ring (bicyclic) bond motifs is 1. The van der Waals surface area contributed by atoms with Crippen molar-refractivity contribution in [1.82, 2.24) is 9.80 Å². The quantitative estimate of drug-likeness (QED) is 0.775. The van der Waals surface area contributed by atoms with Crippen LogP contribution in [0.1, 0.15) is 38.5 Å². The van der Waals surface area contributed by atoms with Crippen LogP contribution in [0.5, 0.6) is 5.75 Å². The molecule has 0 unspecified atom stereocenters. The Morgan fingerprint density at radius 3 is 2.39 bits per heavy atom. The van der Waals surface area contributed by atoms with Crippen LogP contribution in [0.4, 0.5) is 5.69 Å². The maximum atomic E-state index is 6.39. The number of amidine groups is 1. The molecule has 124 valence electrons. The lowest BCUT2D eigenvalue weighted by Crippen LogP contribution is -2.55. The van der Waals surface area contributed by atoms with E-state index in [4.69, 9.17) is 21.3 Å². The van der Waals surface area contributed by atoms with Gasteiger partial charge in [0.1, 0.15) is 11.4 Å². The zero-order valence-corrected chi connectivity index (χ0v) is 14.3. The molecule has 23 heavy (non-hydrogen) atoms. The van der Waals surface area contributed by atoms with Gasteiger partial charge in [0.25, 0.3) is 0 Å². The van der Waals surface area contributed by atoms with Crippen molar-refractivity contribution in [2.75, 3.05) is 26.2 Å². The summed E-state index contributed by atoms with van der Waals surface area (Å²) in [5.74, 6) is 1.94. The standard InChI is InChI=1S/C18H24ClN3O/c19-14-7-8-16-15(13-14)20-17(21-9-3-1-4-10-21)18(23-16)22-11-5-2-6-12-22/h7-8,13,18H,1-6,9-12H2/t18-/m1/s1. The summed E-state index contributed by atoms with van der Waals surface area (Å²) in [6.45, 7) is 4.37. The Balaban J connectivity index is 1.68. The smallest absolute Gasteiger partial charge is 0.211 e. The van der Waals surface area contributed by atoms with Crippen molar-refractivity contribution in [3.8, 4) is 5.75 Å². The van der Waals surface area contributed by atoms with Crippen LogP contribution in [0, 0.1) is 0 Å². The fourth-order valence-electron chi connectivity index (χ4n) is 3.77. The fraction of sp³-hybridized carbons (Fsp3) is 0.611. The summed E-state index contributed by atoms with van der Waals surface area (Å²) in [6.07, 6.45) is 7.60. The van der Waals surface area contributed by atoms with Gasteiger partial charge in [-0.05, 0) is 50.3 Å². The number of benzene rings is 1. The van der Waals surface area contributed by atoms with E-state index in [0.29, 0.717) is 5.02 Å². The van der Waals surface area contributed by atoms with Gasteiger partial charge in [-0.25, -0.2) is 4.99 Å². The minimum atomic E-state index is -0.0397. The van der Waals surface area contributed by atoms with Crippen molar-refractivity contribution in [3.63, 3.8) is 0 Å². The third-order valence-corrected chi connectivity index (χ3v) is 5.25. The van der Waals surface area contributed by atoms with Crippen LogP contribution in [0.25, 0.3) is 0 Å². The molecule has 1 atom stereocenters. The second-order valence-electron chi connectivity index (χ2n) is 6.70. The van der Waals surface area contributed by atoms with Crippen molar-refractivity contribution in [1.29, 1.82) is 0 Å². The first-order valence-electron chi connectivity index (χ1n) is 8.85. The van der Waals surface area contributed by atoms with Crippen molar-refractivity contribution >= 4 is 23.1 Å². The average Bonchev–Trinajstić information content (AvgIpc) is 2.62. The number of aliphatic imine (C=N–C) groups is 1. The number of nitrogens with zero attached hydrogens (tertiary/aromatic N) is 3. The minimum Gasteiger partial charge on any atom is -0.465 e. The number of piperidine rings is 2. The van der Waals surface area contributed by atoms with Crippen LogP contribution in [0.2, 0.25) is 5.02 Å². The van der Waals surface area contributed by atoms with Gasteiger partial charge in [0.2, 0.25) is 6.23 Å². The van der Waals surface area contributed by atoms with Crippen LogP contribution < -0.4 is 4.74 Å². The predicted octanol–water partition coefficient (Wildman–Crippen LogP) is 4.06. The SMILES string of the molecule is Clc1ccc2c(c1)N=C(N1CCCCC1)[C@H](N1CCCCC1)O2. The van der Waals surface area contributed by atoms with Gasteiger partial charge < -0.3 is 9.64 Å². The molecule has 0 bridgehead atoms. The second-order valence-corrected chi connectivity index (χ2v) is 7.13. The van der Waals surface area contributed by atoms with Crippen LogP contribution in [-0.2, 0) is 0 Å². The molecule has 0 amide bonds. The number of hydrogen-bond acceptors (Lipinski definition) is 4. The van der Waals surface area contributed by atoms with Gasteiger partial charge in [0, 0.05) is 31.2 Å². The summed E-state index contributed by atoms with van der Waals surface area (Å²) in [7, 11) is 0. The summed E-state index contributed by atoms with van der Waals surface area (Å²) < 4.78 is 6.39. The first-order valence-corrected chi connectivity index (χ1v) is 9.23. The summed E-state index contributed by atoms with van der Waals surface area (Å²) in [4.78, 5) is 9.85. The Morgan fingerprint density at radius 1 is 0.957 bits per heavy atom. The molecule has 4 rings (SSSR count). The van der Waals surface area contributed by atoms with E-state index in [9.17, 15) is 0 Å². The zero-order valence-electron chi connectivity index (χ0n) is 13.5. The highest BCUT2D eigenvalue weighted by molar-refractivity contribution is 6.30. The number of halogens is 1. The van der Waals surface area contributed by atoms with E-state index in [0.717, 1.165) is 43.5 Å². The Kier molecular flexibility index (Phi) is 4.45. The van der Waals surface area contributed by atoms with Crippen LogP contribution in [0.15, 0.2) is 23.2 Å². The highest BCUT2D eigenvalue weighted by Gasteiger charge is 2.34. The first-order chi connectivity index (χ1) is 11.3. The average molecular weight is 334 g/mol. The maximum Gasteiger partial charge on any atom is 0.211 e. The fourth-order valence-corrected chi connectivity index (χ4v) is 3.94. The summed E-state index contributed by atoms with van der Waals surface area (Å²) >= 11 is 6.15. The summed E-state index contributed by atoms with van der Waals surface area (Å²) in [5, 5.41) is 0.713. The van der Waals surface area contributed by atoms with E-state index in [1.807, 2.05) is 18.2 Å². The molecular weight excluding hydrogens is 310 g/mol. The predicted molar refractivity (Wildman–Crippen MR) is 93.8 cm³/mol. The molecule has 0 saturated carbocycles. The first kappa shape index (κ1) is 15.3. The molecule has 0 aliphatic carbocycles. The third-order valence-electron chi connectivity index (χ3n) is 5.02. The second kappa shape index (κ2) is 6.70. The molecule has 1 aromatic rings. The highest BCUT2D eigenvalue weighted by Crippen LogP contribution is 2.37. The summed E-state index contributed by atoms with van der Waals surface area (Å²) in [6, 6.07) is 5.74. The lowest BCUT2D eigenvalue weighted by Gasteiger charge is -2.41. The van der Waals surface area contributed by atoms with Crippen molar-refractivity contribution in [2.45, 2.75) is 44.8 Å². The monoisotopic (exact) mass is 333 g/mol. The molecule has 5 heteroatoms. The normalized spacial score (nSPS) is 25.5. The molecule has 0 N–H and O–H groups in total. The van der Waals surface area contributed by atoms with Crippen molar-refractivity contribution in [3.05, 3.63) is 23.2 Å². The number of likely N-dealkylation sites (tertiary alicyclic amines) is 2. The minimum absolute atomic E-state index is 0.0397. The van der Waals surface area contributed by atoms with Crippen LogP contribution in [0.3, 0.4) is 0 Å². The maximum absolute atomic E-state index is 6.39. The van der Waals surface area contributed by atoms with E-state index < -0.39 is 0 Å². The van der Waals surface area contributed by atoms with Crippen LogP contribution >= 0.6 is 11.6 Å². The molecule has 2 fully saturated rings. The van der Waals surface area contributed by atoms with E-state index in [2.05, 4.69) is 9.80 Å². The molecule has 3 aliphatic rings. The van der Waals surface area contributed by atoms with Gasteiger partial charge in [-0.3, -0.25) is 4.90 Å². The molecule has 0 radical (unpaired) electrons. The van der Waals surface area contributed by atoms with Gasteiger partial charge in [0.15, 0.2) is 5.84 Å². The number of rotatable bonds is 1. The van der Waals surface area contributed by atoms with Crippen molar-refractivity contribution in [2.24, 2.45) is 4.99 Å². The number of ether oxygens (including phenoxy) is 1. The van der Waals surface area contributed by atoms with Gasteiger partial charge >= 0.3 is 0 Å². The Hall–Kier alpha value is -1.26. The van der Waals surface area contributed by atoms with E-state index in [1.54, 1.807) is 0 Å². The molecule has 3 heterocycles. The Morgan fingerprint density at radius 2 is 1.65 bits per heavy atom. The zero-order chi connectivity index (χ0) is 15.6. The molecule has 2 saturated heterocycles. The summed E-state index contributed by atoms with van der Waals surface area (Å²) in [5.41, 5.74) is 0.867. The van der Waals surface area contributed by atoms with E-state index in [1.165, 1.54) is 38.5 Å². The molecule has 3 aliphatic heterocycles. The van der Waals surface area contributed by atoms with E-state index >= 15 is 0 Å². The van der Waals surface area contributed by atoms with Crippen molar-refractivity contribution < 1.29 is 4.74 Å².